The van der Waals surface area contributed by atoms with Crippen LogP contribution in [0.3, 0.4) is 0 Å². The van der Waals surface area contributed by atoms with Gasteiger partial charge in [-0.15, -0.1) is 0 Å². The van der Waals surface area contributed by atoms with Crippen LogP contribution in [-0.2, 0) is 4.79 Å². The molecule has 2 aromatic rings. The first-order valence-electron chi connectivity index (χ1n) is 8.64. The standard InChI is InChI=1S/C20H24ClN3O/c1-14(20(25)23-18-9-5-8-17(21)10-18)24-12-16(11-22)19(13-24)15-6-3-2-4-7-15/h2-10,14,16,19H,11-13,22H2,1H3,(H,23,25)/t14?,16-,19+/m1/s1. The second kappa shape index (κ2) is 8.00. The van der Waals surface area contributed by atoms with E-state index in [1.165, 1.54) is 5.56 Å². The highest BCUT2D eigenvalue weighted by atomic mass is 35.5. The minimum Gasteiger partial charge on any atom is -0.330 e. The van der Waals surface area contributed by atoms with Crippen LogP contribution in [0.15, 0.2) is 54.6 Å². The topological polar surface area (TPSA) is 58.4 Å². The van der Waals surface area contributed by atoms with Gasteiger partial charge in [0.25, 0.3) is 0 Å². The molecule has 0 aromatic heterocycles. The average Bonchev–Trinajstić information content (AvgIpc) is 3.06. The van der Waals surface area contributed by atoms with Gasteiger partial charge in [0, 0.05) is 29.7 Å². The molecule has 1 saturated heterocycles. The second-order valence-corrected chi connectivity index (χ2v) is 7.08. The molecule has 1 fully saturated rings. The molecule has 2 aromatic carbocycles. The van der Waals surface area contributed by atoms with Crippen molar-refractivity contribution in [1.29, 1.82) is 0 Å². The van der Waals surface area contributed by atoms with E-state index in [9.17, 15) is 4.79 Å². The molecule has 1 aliphatic heterocycles. The average molecular weight is 358 g/mol. The highest BCUT2D eigenvalue weighted by Crippen LogP contribution is 2.33. The number of anilines is 1. The van der Waals surface area contributed by atoms with E-state index in [4.69, 9.17) is 17.3 Å². The number of halogens is 1. The number of benzene rings is 2. The summed E-state index contributed by atoms with van der Waals surface area (Å²) in [5.41, 5.74) is 8.01. The molecule has 0 spiro atoms. The van der Waals surface area contributed by atoms with Gasteiger partial charge < -0.3 is 11.1 Å². The fourth-order valence-corrected chi connectivity index (χ4v) is 3.71. The Morgan fingerprint density at radius 2 is 2.00 bits per heavy atom. The van der Waals surface area contributed by atoms with E-state index in [2.05, 4.69) is 34.5 Å². The minimum atomic E-state index is -0.221. The summed E-state index contributed by atoms with van der Waals surface area (Å²) in [6.07, 6.45) is 0. The van der Waals surface area contributed by atoms with Gasteiger partial charge in [-0.2, -0.15) is 0 Å². The summed E-state index contributed by atoms with van der Waals surface area (Å²) in [4.78, 5) is 14.8. The normalized spacial score (nSPS) is 21.9. The number of hydrogen-bond donors (Lipinski definition) is 2. The number of hydrogen-bond acceptors (Lipinski definition) is 3. The lowest BCUT2D eigenvalue weighted by molar-refractivity contribution is -0.120. The van der Waals surface area contributed by atoms with E-state index in [0.29, 0.717) is 23.4 Å². The third-order valence-corrected chi connectivity index (χ3v) is 5.25. The van der Waals surface area contributed by atoms with Crippen LogP contribution in [-0.4, -0.2) is 36.5 Å². The molecule has 5 heteroatoms. The Kier molecular flexibility index (Phi) is 5.74. The van der Waals surface area contributed by atoms with E-state index in [0.717, 1.165) is 18.8 Å². The lowest BCUT2D eigenvalue weighted by Gasteiger charge is -2.23. The predicted octanol–water partition coefficient (Wildman–Crippen LogP) is 3.34. The summed E-state index contributed by atoms with van der Waals surface area (Å²) in [6.45, 7) is 4.25. The van der Waals surface area contributed by atoms with Gasteiger partial charge in [0.1, 0.15) is 0 Å². The minimum absolute atomic E-state index is 0.0215. The van der Waals surface area contributed by atoms with Crippen LogP contribution in [0.4, 0.5) is 5.69 Å². The SMILES string of the molecule is CC(C(=O)Nc1cccc(Cl)c1)N1C[C@@H](CN)[C@H](c2ccccc2)C1. The fourth-order valence-electron chi connectivity index (χ4n) is 3.52. The molecular formula is C20H24ClN3O. The van der Waals surface area contributed by atoms with Gasteiger partial charge in [-0.25, -0.2) is 0 Å². The third-order valence-electron chi connectivity index (χ3n) is 5.02. The van der Waals surface area contributed by atoms with Gasteiger partial charge in [-0.1, -0.05) is 48.0 Å². The van der Waals surface area contributed by atoms with Crippen LogP contribution >= 0.6 is 11.6 Å². The maximum absolute atomic E-state index is 12.6. The molecular weight excluding hydrogens is 334 g/mol. The molecule has 25 heavy (non-hydrogen) atoms. The second-order valence-electron chi connectivity index (χ2n) is 6.64. The Morgan fingerprint density at radius 1 is 1.24 bits per heavy atom. The van der Waals surface area contributed by atoms with E-state index in [1.807, 2.05) is 25.1 Å². The van der Waals surface area contributed by atoms with Crippen LogP contribution in [0.5, 0.6) is 0 Å². The Balaban J connectivity index is 1.68. The number of amides is 1. The van der Waals surface area contributed by atoms with E-state index in [-0.39, 0.29) is 11.9 Å². The predicted molar refractivity (Wildman–Crippen MR) is 103 cm³/mol. The number of nitrogens with zero attached hydrogens (tertiary/aromatic N) is 1. The van der Waals surface area contributed by atoms with Crippen LogP contribution in [0.2, 0.25) is 5.02 Å². The van der Waals surface area contributed by atoms with Gasteiger partial charge >= 0.3 is 0 Å². The molecule has 3 rings (SSSR count). The van der Waals surface area contributed by atoms with Crippen molar-refractivity contribution in [2.45, 2.75) is 18.9 Å². The van der Waals surface area contributed by atoms with Crippen molar-refractivity contribution in [2.75, 3.05) is 25.0 Å². The molecule has 0 bridgehead atoms. The van der Waals surface area contributed by atoms with Crippen molar-refractivity contribution in [3.63, 3.8) is 0 Å². The zero-order chi connectivity index (χ0) is 17.8. The summed E-state index contributed by atoms with van der Waals surface area (Å²) in [6, 6.07) is 17.4. The van der Waals surface area contributed by atoms with Gasteiger partial charge in [-0.05, 0) is 43.1 Å². The van der Waals surface area contributed by atoms with Crippen molar-refractivity contribution < 1.29 is 4.79 Å². The molecule has 0 radical (unpaired) electrons. The van der Waals surface area contributed by atoms with Crippen LogP contribution in [0.25, 0.3) is 0 Å². The van der Waals surface area contributed by atoms with Gasteiger partial charge in [-0.3, -0.25) is 9.69 Å². The molecule has 0 aliphatic carbocycles. The van der Waals surface area contributed by atoms with E-state index in [1.54, 1.807) is 12.1 Å². The Morgan fingerprint density at radius 3 is 2.68 bits per heavy atom. The third kappa shape index (κ3) is 4.21. The van der Waals surface area contributed by atoms with E-state index < -0.39 is 0 Å². The first kappa shape index (κ1) is 17.9. The molecule has 3 N–H and O–H groups in total. The summed E-state index contributed by atoms with van der Waals surface area (Å²) < 4.78 is 0. The highest BCUT2D eigenvalue weighted by Gasteiger charge is 2.36. The number of likely N-dealkylation sites (tertiary alicyclic amines) is 1. The number of carbonyl (C=O) groups is 1. The van der Waals surface area contributed by atoms with Gasteiger partial charge in [0.15, 0.2) is 0 Å². The van der Waals surface area contributed by atoms with Crippen LogP contribution in [0.1, 0.15) is 18.4 Å². The maximum Gasteiger partial charge on any atom is 0.241 e. The van der Waals surface area contributed by atoms with Gasteiger partial charge in [0.2, 0.25) is 5.91 Å². The Hall–Kier alpha value is -1.88. The molecule has 1 amide bonds. The number of rotatable bonds is 5. The van der Waals surface area contributed by atoms with Crippen molar-refractivity contribution >= 4 is 23.2 Å². The lowest BCUT2D eigenvalue weighted by Crippen LogP contribution is -2.41. The van der Waals surface area contributed by atoms with Crippen LogP contribution in [0, 0.1) is 5.92 Å². The fraction of sp³-hybridized carbons (Fsp3) is 0.350. The molecule has 1 aliphatic rings. The Labute approximate surface area is 154 Å². The van der Waals surface area contributed by atoms with Crippen molar-refractivity contribution in [2.24, 2.45) is 11.7 Å². The largest absolute Gasteiger partial charge is 0.330 e. The zero-order valence-corrected chi connectivity index (χ0v) is 15.1. The van der Waals surface area contributed by atoms with Crippen molar-refractivity contribution in [3.05, 3.63) is 65.2 Å². The maximum atomic E-state index is 12.6. The van der Waals surface area contributed by atoms with Crippen molar-refractivity contribution in [3.8, 4) is 0 Å². The first-order valence-corrected chi connectivity index (χ1v) is 9.01. The number of nitrogens with one attached hydrogen (secondary N) is 1. The summed E-state index contributed by atoms with van der Waals surface area (Å²) in [5.74, 6) is 0.711. The van der Waals surface area contributed by atoms with E-state index >= 15 is 0 Å². The molecule has 132 valence electrons. The number of nitrogens with two attached hydrogens (primary N) is 1. The Bertz CT molecular complexity index is 722. The monoisotopic (exact) mass is 357 g/mol. The van der Waals surface area contributed by atoms with Crippen LogP contribution < -0.4 is 11.1 Å². The van der Waals surface area contributed by atoms with Crippen molar-refractivity contribution in [1.82, 2.24) is 4.90 Å². The molecule has 4 nitrogen and oxygen atoms in total. The molecule has 1 unspecified atom stereocenters. The number of carbonyl (C=O) groups excluding carboxylic acids is 1. The molecule has 1 heterocycles. The summed E-state index contributed by atoms with van der Waals surface area (Å²) >= 11 is 5.98. The molecule has 3 atom stereocenters. The van der Waals surface area contributed by atoms with Gasteiger partial charge in [0.05, 0.1) is 6.04 Å². The smallest absolute Gasteiger partial charge is 0.241 e. The molecule has 0 saturated carbocycles. The highest BCUT2D eigenvalue weighted by molar-refractivity contribution is 6.30. The lowest BCUT2D eigenvalue weighted by atomic mass is 9.89. The summed E-state index contributed by atoms with van der Waals surface area (Å²) in [5, 5.41) is 3.56. The first-order chi connectivity index (χ1) is 12.1. The quantitative estimate of drug-likeness (QED) is 0.862. The summed E-state index contributed by atoms with van der Waals surface area (Å²) in [7, 11) is 0. The zero-order valence-electron chi connectivity index (χ0n) is 14.4.